The molecule has 0 radical (unpaired) electrons. The molecule has 8 nitrogen and oxygen atoms in total. The van der Waals surface area contributed by atoms with Crippen molar-refractivity contribution >= 4 is 31.3 Å². The van der Waals surface area contributed by atoms with E-state index in [0.29, 0.717) is 18.9 Å². The number of nitrogens with zero attached hydrogens (tertiary/aromatic N) is 4. The third kappa shape index (κ3) is 7.32. The molecule has 0 aliphatic rings. The number of anilines is 1. The van der Waals surface area contributed by atoms with E-state index in [2.05, 4.69) is 28.7 Å². The molecule has 0 aliphatic carbocycles. The van der Waals surface area contributed by atoms with Gasteiger partial charge in [0, 0.05) is 44.6 Å². The molecule has 0 aliphatic heterocycles. The van der Waals surface area contributed by atoms with Gasteiger partial charge < -0.3 is 13.8 Å². The van der Waals surface area contributed by atoms with Crippen LogP contribution >= 0.6 is 0 Å². The van der Waals surface area contributed by atoms with Crippen LogP contribution in [-0.2, 0) is 8.85 Å². The van der Waals surface area contributed by atoms with Gasteiger partial charge in [-0.25, -0.2) is 0 Å². The first-order valence-electron chi connectivity index (χ1n) is 10.1. The number of nitro benzene ring substituents is 1. The van der Waals surface area contributed by atoms with Gasteiger partial charge in [-0.2, -0.15) is 10.2 Å². The molecule has 0 fully saturated rings. The van der Waals surface area contributed by atoms with Crippen molar-refractivity contribution in [1.82, 2.24) is 0 Å². The van der Waals surface area contributed by atoms with Gasteiger partial charge in [-0.15, -0.1) is 0 Å². The molecule has 0 saturated heterocycles. The Kier molecular flexibility index (Phi) is 9.09. The second-order valence-electron chi connectivity index (χ2n) is 7.01. The summed E-state index contributed by atoms with van der Waals surface area (Å²) >= 11 is 0. The molecular formula is C21H30N4O4Si. The lowest BCUT2D eigenvalue weighted by Gasteiger charge is -2.27. The standard InChI is InChI=1S/C21H30N4O4Si/c1-5-28-30(4,29-6-2)17-7-16-24(3)20-12-8-18(9-13-20)22-23-19-10-14-21(15-11-19)25(26)27/h8-15H,5-7,16-17H2,1-4H3. The number of benzene rings is 2. The number of non-ortho nitro benzene ring substituents is 1. The lowest BCUT2D eigenvalue weighted by atomic mass is 10.2. The quantitative estimate of drug-likeness (QED) is 0.179. The van der Waals surface area contributed by atoms with Crippen molar-refractivity contribution < 1.29 is 13.8 Å². The van der Waals surface area contributed by atoms with Crippen molar-refractivity contribution in [3.05, 3.63) is 58.6 Å². The van der Waals surface area contributed by atoms with Gasteiger partial charge in [0.05, 0.1) is 16.3 Å². The normalized spacial score (nSPS) is 11.7. The van der Waals surface area contributed by atoms with Gasteiger partial charge in [-0.3, -0.25) is 10.1 Å². The van der Waals surface area contributed by atoms with Crippen LogP contribution in [0.1, 0.15) is 20.3 Å². The molecular weight excluding hydrogens is 400 g/mol. The average molecular weight is 431 g/mol. The number of nitro groups is 1. The van der Waals surface area contributed by atoms with E-state index in [1.54, 1.807) is 12.1 Å². The highest BCUT2D eigenvalue weighted by atomic mass is 28.4. The van der Waals surface area contributed by atoms with E-state index in [0.717, 1.165) is 30.4 Å². The van der Waals surface area contributed by atoms with Crippen molar-refractivity contribution in [2.75, 3.05) is 31.7 Å². The maximum Gasteiger partial charge on any atom is 0.334 e. The van der Waals surface area contributed by atoms with Crippen LogP contribution in [0, 0.1) is 10.1 Å². The first kappa shape index (κ1) is 23.7. The molecule has 0 bridgehead atoms. The largest absolute Gasteiger partial charge is 0.395 e. The fourth-order valence-electron chi connectivity index (χ4n) is 3.09. The van der Waals surface area contributed by atoms with E-state index in [1.807, 2.05) is 38.1 Å². The molecule has 0 saturated carbocycles. The Morgan fingerprint density at radius 3 is 1.93 bits per heavy atom. The first-order valence-corrected chi connectivity index (χ1v) is 12.6. The summed E-state index contributed by atoms with van der Waals surface area (Å²) in [5, 5.41) is 19.0. The minimum atomic E-state index is -2.07. The van der Waals surface area contributed by atoms with Crippen LogP contribution in [0.5, 0.6) is 0 Å². The molecule has 0 atom stereocenters. The Morgan fingerprint density at radius 1 is 0.967 bits per heavy atom. The van der Waals surface area contributed by atoms with Gasteiger partial charge in [-0.1, -0.05) is 0 Å². The van der Waals surface area contributed by atoms with Crippen LogP contribution < -0.4 is 4.90 Å². The Hall–Kier alpha value is -2.62. The molecule has 0 unspecified atom stereocenters. The second kappa shape index (κ2) is 11.5. The number of hydrogen-bond acceptors (Lipinski definition) is 7. The van der Waals surface area contributed by atoms with Gasteiger partial charge in [-0.05, 0) is 69.3 Å². The SMILES string of the molecule is CCO[Si](C)(CCCN(C)c1ccc(N=Nc2ccc([N+](=O)[O-])cc2)cc1)OCC. The molecule has 0 heterocycles. The topological polar surface area (TPSA) is 89.6 Å². The van der Waals surface area contributed by atoms with Crippen LogP contribution in [0.15, 0.2) is 58.8 Å². The third-order valence-electron chi connectivity index (χ3n) is 4.66. The molecule has 2 aromatic rings. The van der Waals surface area contributed by atoms with E-state index < -0.39 is 13.5 Å². The summed E-state index contributed by atoms with van der Waals surface area (Å²) in [6.07, 6.45) is 1.00. The predicted molar refractivity (Wildman–Crippen MR) is 121 cm³/mol. The predicted octanol–water partition coefficient (Wildman–Crippen LogP) is 5.98. The number of hydrogen-bond donors (Lipinski definition) is 0. The zero-order chi connectivity index (χ0) is 22.0. The Bertz CT molecular complexity index is 822. The Morgan fingerprint density at radius 2 is 1.47 bits per heavy atom. The fourth-order valence-corrected chi connectivity index (χ4v) is 5.49. The maximum absolute atomic E-state index is 10.7. The van der Waals surface area contributed by atoms with E-state index >= 15 is 0 Å². The molecule has 9 heteroatoms. The summed E-state index contributed by atoms with van der Waals surface area (Å²) in [6, 6.07) is 14.8. The van der Waals surface area contributed by atoms with E-state index in [4.69, 9.17) is 8.85 Å². The smallest absolute Gasteiger partial charge is 0.334 e. The summed E-state index contributed by atoms with van der Waals surface area (Å²) < 4.78 is 11.8. The highest BCUT2D eigenvalue weighted by Gasteiger charge is 2.30. The second-order valence-corrected chi connectivity index (χ2v) is 10.4. The van der Waals surface area contributed by atoms with E-state index in [-0.39, 0.29) is 5.69 Å². The fraction of sp³-hybridized carbons (Fsp3) is 0.429. The van der Waals surface area contributed by atoms with E-state index in [1.165, 1.54) is 12.1 Å². The van der Waals surface area contributed by atoms with Crippen LogP contribution in [-0.4, -0.2) is 40.3 Å². The summed E-state index contributed by atoms with van der Waals surface area (Å²) in [6.45, 7) is 8.44. The Labute approximate surface area is 178 Å². The van der Waals surface area contributed by atoms with Crippen LogP contribution in [0.3, 0.4) is 0 Å². The van der Waals surface area contributed by atoms with Crippen molar-refractivity contribution in [2.24, 2.45) is 10.2 Å². The lowest BCUT2D eigenvalue weighted by molar-refractivity contribution is -0.384. The molecule has 30 heavy (non-hydrogen) atoms. The van der Waals surface area contributed by atoms with Crippen LogP contribution in [0.4, 0.5) is 22.7 Å². The molecule has 2 rings (SSSR count). The number of rotatable bonds is 12. The van der Waals surface area contributed by atoms with E-state index in [9.17, 15) is 10.1 Å². The zero-order valence-electron chi connectivity index (χ0n) is 18.1. The maximum atomic E-state index is 10.7. The molecule has 0 aromatic heterocycles. The van der Waals surface area contributed by atoms with Crippen molar-refractivity contribution in [3.63, 3.8) is 0 Å². The van der Waals surface area contributed by atoms with Crippen LogP contribution in [0.2, 0.25) is 12.6 Å². The van der Waals surface area contributed by atoms with Gasteiger partial charge in [0.1, 0.15) is 0 Å². The molecule has 2 aromatic carbocycles. The molecule has 0 amide bonds. The highest BCUT2D eigenvalue weighted by Crippen LogP contribution is 2.24. The van der Waals surface area contributed by atoms with Crippen molar-refractivity contribution in [3.8, 4) is 0 Å². The highest BCUT2D eigenvalue weighted by molar-refractivity contribution is 6.66. The van der Waals surface area contributed by atoms with Crippen molar-refractivity contribution in [2.45, 2.75) is 32.9 Å². The van der Waals surface area contributed by atoms with Crippen LogP contribution in [0.25, 0.3) is 0 Å². The lowest BCUT2D eigenvalue weighted by Crippen LogP contribution is -2.39. The van der Waals surface area contributed by atoms with Gasteiger partial charge in [0.15, 0.2) is 0 Å². The third-order valence-corrected chi connectivity index (χ3v) is 7.72. The van der Waals surface area contributed by atoms with Crippen molar-refractivity contribution in [1.29, 1.82) is 0 Å². The molecule has 0 N–H and O–H groups in total. The molecule has 0 spiro atoms. The van der Waals surface area contributed by atoms with Gasteiger partial charge in [0.25, 0.3) is 5.69 Å². The van der Waals surface area contributed by atoms with Gasteiger partial charge in [0.2, 0.25) is 0 Å². The summed E-state index contributed by atoms with van der Waals surface area (Å²) in [7, 11) is -0.00730. The average Bonchev–Trinajstić information content (AvgIpc) is 2.73. The minimum absolute atomic E-state index is 0.0341. The summed E-state index contributed by atoms with van der Waals surface area (Å²) in [5.41, 5.74) is 2.42. The summed E-state index contributed by atoms with van der Waals surface area (Å²) in [5.74, 6) is 0. The monoisotopic (exact) mass is 430 g/mol. The summed E-state index contributed by atoms with van der Waals surface area (Å²) in [4.78, 5) is 12.4. The Balaban J connectivity index is 1.89. The number of azo groups is 1. The minimum Gasteiger partial charge on any atom is -0.395 e. The van der Waals surface area contributed by atoms with Gasteiger partial charge >= 0.3 is 8.56 Å². The zero-order valence-corrected chi connectivity index (χ0v) is 19.1. The first-order chi connectivity index (χ1) is 14.4. The molecule has 162 valence electrons.